The molecule has 3 aromatic carbocycles. The first-order chi connectivity index (χ1) is 13.9. The third kappa shape index (κ3) is 6.34. The van der Waals surface area contributed by atoms with E-state index in [2.05, 4.69) is 26.1 Å². The molecule has 7 heteroatoms. The normalized spacial score (nSPS) is 10.5. The lowest BCUT2D eigenvalue weighted by Crippen LogP contribution is -2.33. The van der Waals surface area contributed by atoms with Crippen LogP contribution in [0.1, 0.15) is 11.1 Å². The molecule has 0 fully saturated rings. The number of ether oxygens (including phenoxy) is 1. The number of nitrogens with one attached hydrogen (secondary N) is 1. The minimum atomic E-state index is 0.546. The Morgan fingerprint density at radius 3 is 2.31 bits per heavy atom. The fourth-order valence-electron chi connectivity index (χ4n) is 2.74. The first-order valence-corrected chi connectivity index (χ1v) is 10.8. The van der Waals surface area contributed by atoms with E-state index in [-0.39, 0.29) is 0 Å². The molecule has 0 radical (unpaired) electrons. The van der Waals surface area contributed by atoms with Gasteiger partial charge in [-0.25, -0.2) is 0 Å². The van der Waals surface area contributed by atoms with Gasteiger partial charge in [0.15, 0.2) is 5.11 Å². The monoisotopic (exact) mass is 508 g/mol. The van der Waals surface area contributed by atoms with E-state index >= 15 is 0 Å². The summed E-state index contributed by atoms with van der Waals surface area (Å²) in [6, 6.07) is 21.3. The van der Waals surface area contributed by atoms with Gasteiger partial charge in [-0.3, -0.25) is 0 Å². The number of thiocarbonyl (C=S) groups is 1. The Balaban J connectivity index is 1.82. The summed E-state index contributed by atoms with van der Waals surface area (Å²) in [6.07, 6.45) is 0. The van der Waals surface area contributed by atoms with Crippen molar-refractivity contribution in [3.05, 3.63) is 92.4 Å². The van der Waals surface area contributed by atoms with Crippen LogP contribution in [-0.4, -0.2) is 17.1 Å². The molecule has 0 spiro atoms. The third-order valence-electron chi connectivity index (χ3n) is 4.29. The lowest BCUT2D eigenvalue weighted by atomic mass is 10.1. The van der Waals surface area contributed by atoms with E-state index in [0.29, 0.717) is 28.2 Å². The highest BCUT2D eigenvalue weighted by atomic mass is 79.9. The number of halogens is 3. The number of anilines is 1. The van der Waals surface area contributed by atoms with E-state index in [4.69, 9.17) is 40.2 Å². The van der Waals surface area contributed by atoms with Crippen molar-refractivity contribution in [3.63, 3.8) is 0 Å². The molecule has 0 saturated carbocycles. The van der Waals surface area contributed by atoms with Crippen molar-refractivity contribution in [2.75, 3.05) is 12.4 Å². The SMILES string of the molecule is COc1ccc(CN(Cc2ccc(Cl)cc2Cl)C(=S)Nc2ccc(Br)cc2)cc1. The van der Waals surface area contributed by atoms with Gasteiger partial charge in [-0.05, 0) is 71.9 Å². The Hall–Kier alpha value is -1.79. The highest BCUT2D eigenvalue weighted by Crippen LogP contribution is 2.24. The zero-order valence-electron chi connectivity index (χ0n) is 15.7. The second-order valence-electron chi connectivity index (χ2n) is 6.38. The van der Waals surface area contributed by atoms with Crippen LogP contribution in [0.4, 0.5) is 5.69 Å². The van der Waals surface area contributed by atoms with Crippen molar-refractivity contribution >= 4 is 62.1 Å². The second kappa shape index (κ2) is 10.3. The molecule has 0 aliphatic heterocycles. The Kier molecular flexibility index (Phi) is 7.78. The van der Waals surface area contributed by atoms with Crippen LogP contribution in [0.3, 0.4) is 0 Å². The van der Waals surface area contributed by atoms with Gasteiger partial charge >= 0.3 is 0 Å². The minimum Gasteiger partial charge on any atom is -0.497 e. The predicted molar refractivity (Wildman–Crippen MR) is 129 cm³/mol. The molecule has 3 aromatic rings. The fourth-order valence-corrected chi connectivity index (χ4v) is 3.72. The number of nitrogens with zero attached hydrogens (tertiary/aromatic N) is 1. The topological polar surface area (TPSA) is 24.5 Å². The Labute approximate surface area is 194 Å². The first kappa shape index (κ1) is 21.9. The Morgan fingerprint density at radius 1 is 1.00 bits per heavy atom. The zero-order valence-corrected chi connectivity index (χ0v) is 19.6. The molecule has 0 atom stereocenters. The summed E-state index contributed by atoms with van der Waals surface area (Å²) in [6.45, 7) is 1.16. The molecule has 150 valence electrons. The lowest BCUT2D eigenvalue weighted by molar-refractivity contribution is 0.407. The second-order valence-corrected chi connectivity index (χ2v) is 8.52. The quantitative estimate of drug-likeness (QED) is 0.356. The number of hydrogen-bond acceptors (Lipinski definition) is 2. The highest BCUT2D eigenvalue weighted by molar-refractivity contribution is 9.10. The predicted octanol–water partition coefficient (Wildman–Crippen LogP) is 7.16. The van der Waals surface area contributed by atoms with Crippen LogP contribution in [0.2, 0.25) is 10.0 Å². The van der Waals surface area contributed by atoms with Crippen LogP contribution < -0.4 is 10.1 Å². The summed E-state index contributed by atoms with van der Waals surface area (Å²) in [5.74, 6) is 0.816. The summed E-state index contributed by atoms with van der Waals surface area (Å²) >= 11 is 21.6. The van der Waals surface area contributed by atoms with Gasteiger partial charge < -0.3 is 15.0 Å². The molecule has 0 aliphatic rings. The average Bonchev–Trinajstić information content (AvgIpc) is 2.71. The van der Waals surface area contributed by atoms with E-state index in [0.717, 1.165) is 27.0 Å². The smallest absolute Gasteiger partial charge is 0.174 e. The Morgan fingerprint density at radius 2 is 1.69 bits per heavy atom. The molecule has 29 heavy (non-hydrogen) atoms. The standard InChI is InChI=1S/C22H19BrCl2N2OS/c1-28-20-10-2-15(3-11-20)13-27(14-16-4-7-18(24)12-21(16)25)22(29)26-19-8-5-17(23)6-9-19/h2-12H,13-14H2,1H3,(H,26,29). The molecular weight excluding hydrogens is 491 g/mol. The van der Waals surface area contributed by atoms with Crippen molar-refractivity contribution in [2.24, 2.45) is 0 Å². The van der Waals surface area contributed by atoms with Crippen molar-refractivity contribution in [3.8, 4) is 5.75 Å². The molecule has 0 saturated heterocycles. The maximum absolute atomic E-state index is 6.40. The Bertz CT molecular complexity index is 981. The summed E-state index contributed by atoms with van der Waals surface area (Å²) in [4.78, 5) is 2.06. The van der Waals surface area contributed by atoms with Gasteiger partial charge in [0.2, 0.25) is 0 Å². The number of rotatable bonds is 6. The van der Waals surface area contributed by atoms with E-state index in [1.54, 1.807) is 13.2 Å². The molecule has 0 bridgehead atoms. The van der Waals surface area contributed by atoms with Crippen LogP contribution in [0, 0.1) is 0 Å². The molecule has 3 rings (SSSR count). The van der Waals surface area contributed by atoms with Crippen molar-refractivity contribution in [1.82, 2.24) is 4.90 Å². The first-order valence-electron chi connectivity index (χ1n) is 8.83. The van der Waals surface area contributed by atoms with Crippen molar-refractivity contribution in [1.29, 1.82) is 0 Å². The molecule has 0 aliphatic carbocycles. The fraction of sp³-hybridized carbons (Fsp3) is 0.136. The molecular formula is C22H19BrCl2N2OS. The summed E-state index contributed by atoms with van der Waals surface area (Å²) in [7, 11) is 1.65. The van der Waals surface area contributed by atoms with Gasteiger partial charge in [0.25, 0.3) is 0 Å². The van der Waals surface area contributed by atoms with Gasteiger partial charge in [-0.2, -0.15) is 0 Å². The molecule has 0 amide bonds. The van der Waals surface area contributed by atoms with Gasteiger partial charge in [-0.1, -0.05) is 57.3 Å². The largest absolute Gasteiger partial charge is 0.497 e. The molecule has 0 aromatic heterocycles. The van der Waals surface area contributed by atoms with E-state index in [9.17, 15) is 0 Å². The molecule has 1 N–H and O–H groups in total. The van der Waals surface area contributed by atoms with Crippen LogP contribution in [0.15, 0.2) is 71.2 Å². The van der Waals surface area contributed by atoms with E-state index in [1.165, 1.54) is 0 Å². The van der Waals surface area contributed by atoms with E-state index in [1.807, 2.05) is 60.7 Å². The summed E-state index contributed by atoms with van der Waals surface area (Å²) in [5.41, 5.74) is 2.97. The van der Waals surface area contributed by atoms with Crippen LogP contribution in [0.5, 0.6) is 5.75 Å². The molecule has 0 unspecified atom stereocenters. The average molecular weight is 510 g/mol. The van der Waals surface area contributed by atoms with Gasteiger partial charge in [0, 0.05) is 33.3 Å². The summed E-state index contributed by atoms with van der Waals surface area (Å²) < 4.78 is 6.26. The number of methoxy groups -OCH3 is 1. The highest BCUT2D eigenvalue weighted by Gasteiger charge is 2.14. The van der Waals surface area contributed by atoms with Crippen LogP contribution in [-0.2, 0) is 13.1 Å². The van der Waals surface area contributed by atoms with Crippen molar-refractivity contribution in [2.45, 2.75) is 13.1 Å². The molecule has 3 nitrogen and oxygen atoms in total. The third-order valence-corrected chi connectivity index (χ3v) is 5.77. The van der Waals surface area contributed by atoms with Gasteiger partial charge in [-0.15, -0.1) is 0 Å². The lowest BCUT2D eigenvalue weighted by Gasteiger charge is -2.27. The number of benzene rings is 3. The van der Waals surface area contributed by atoms with Gasteiger partial charge in [0.1, 0.15) is 5.75 Å². The van der Waals surface area contributed by atoms with Crippen molar-refractivity contribution < 1.29 is 4.74 Å². The van der Waals surface area contributed by atoms with Gasteiger partial charge in [0.05, 0.1) is 7.11 Å². The van der Waals surface area contributed by atoms with Crippen LogP contribution >= 0.6 is 51.3 Å². The summed E-state index contributed by atoms with van der Waals surface area (Å²) in [5, 5.41) is 5.13. The number of hydrogen-bond donors (Lipinski definition) is 1. The minimum absolute atomic E-state index is 0.546. The van der Waals surface area contributed by atoms with E-state index < -0.39 is 0 Å². The maximum atomic E-state index is 6.40. The maximum Gasteiger partial charge on any atom is 0.174 e. The zero-order chi connectivity index (χ0) is 20.8. The van der Waals surface area contributed by atoms with Crippen LogP contribution in [0.25, 0.3) is 0 Å². The molecule has 0 heterocycles.